The number of allylic oxidation sites excluding steroid dienone is 4. The molecule has 3 unspecified atom stereocenters. The Morgan fingerprint density at radius 1 is 0.400 bits per heavy atom. The topological polar surface area (TPSA) is 3.24 Å². The van der Waals surface area contributed by atoms with Crippen molar-refractivity contribution in [2.45, 2.75) is 38.0 Å². The van der Waals surface area contributed by atoms with Gasteiger partial charge in [-0.25, -0.2) is 0 Å². The van der Waals surface area contributed by atoms with Gasteiger partial charge in [0.2, 0.25) is 0 Å². The molecule has 0 amide bonds. The molecule has 0 radical (unpaired) electrons. The van der Waals surface area contributed by atoms with Crippen molar-refractivity contribution in [3.63, 3.8) is 0 Å². The Morgan fingerprint density at radius 3 is 1.69 bits per heavy atom. The lowest BCUT2D eigenvalue weighted by Gasteiger charge is -2.36. The molecule has 70 heavy (non-hydrogen) atoms. The molecule has 0 heterocycles. The van der Waals surface area contributed by atoms with E-state index in [0.717, 1.165) is 23.5 Å². The summed E-state index contributed by atoms with van der Waals surface area (Å²) >= 11 is 0. The monoisotopic (exact) mass is 895 g/mol. The predicted molar refractivity (Wildman–Crippen MR) is 295 cm³/mol. The number of hydrogen-bond acceptors (Lipinski definition) is 1. The molecule has 0 aromatic heterocycles. The van der Waals surface area contributed by atoms with Crippen molar-refractivity contribution in [2.24, 2.45) is 5.92 Å². The number of para-hydroxylation sites is 2. The lowest BCUT2D eigenvalue weighted by Crippen LogP contribution is -2.28. The third kappa shape index (κ3) is 6.24. The van der Waals surface area contributed by atoms with Gasteiger partial charge in [-0.3, -0.25) is 0 Å². The van der Waals surface area contributed by atoms with Crippen molar-refractivity contribution in [3.05, 3.63) is 282 Å². The Labute approximate surface area is 412 Å². The fourth-order valence-electron chi connectivity index (χ4n) is 12.8. The van der Waals surface area contributed by atoms with Gasteiger partial charge in [0, 0.05) is 27.5 Å². The summed E-state index contributed by atoms with van der Waals surface area (Å²) < 4.78 is 0. The summed E-state index contributed by atoms with van der Waals surface area (Å²) in [6.07, 6.45) is 8.04. The fraction of sp³-hybridized carbons (Fsp3) is 0.101. The smallest absolute Gasteiger partial charge is 0.0543 e. The molecule has 10 aromatic carbocycles. The molecular formula is C69H53N. The standard InChI is InChI=1S/C69H53N/c1-46-23-10-15-36-58(46)69(3)59-37-16-11-31-53(59)54-44-43-49(45-62(54)69)51-30-13-18-40-63(51)70(65-42-22-39-61-67(65)57-33-12-17-38-60(57)68(61,2)50-28-8-5-9-29-50)64-41-19-14-32-55(64)56-35-21-27-48-26-20-34-52(66(48)56)47-24-6-4-7-25-47/h4-22,24-46H,23H2,1-3H3. The SMILES string of the molecule is CC1CC=CC=C1C1(C)c2ccccc2-c2ccc(-c3ccccc3N(c3ccccc3-c3cccc4cccc(-c5ccccc5)c34)c3cccc4c3-c3ccccc3C4(C)c3ccccc3)cc21. The van der Waals surface area contributed by atoms with Crippen molar-refractivity contribution in [1.29, 1.82) is 0 Å². The van der Waals surface area contributed by atoms with Crippen LogP contribution in [-0.4, -0.2) is 0 Å². The molecular weight excluding hydrogens is 843 g/mol. The maximum atomic E-state index is 2.60. The molecule has 1 nitrogen and oxygen atoms in total. The van der Waals surface area contributed by atoms with Crippen LogP contribution in [0.2, 0.25) is 0 Å². The minimum absolute atomic E-state index is 0.274. The molecule has 0 spiro atoms. The van der Waals surface area contributed by atoms with E-state index in [1.54, 1.807) is 0 Å². The van der Waals surface area contributed by atoms with Gasteiger partial charge in [0.25, 0.3) is 0 Å². The molecule has 0 fully saturated rings. The van der Waals surface area contributed by atoms with Gasteiger partial charge >= 0.3 is 0 Å². The molecule has 3 aliphatic carbocycles. The Kier molecular flexibility index (Phi) is 9.85. The van der Waals surface area contributed by atoms with Gasteiger partial charge < -0.3 is 4.90 Å². The molecule has 10 aromatic rings. The third-order valence-corrected chi connectivity index (χ3v) is 16.1. The molecule has 0 bridgehead atoms. The van der Waals surface area contributed by atoms with E-state index in [-0.39, 0.29) is 10.8 Å². The van der Waals surface area contributed by atoms with Gasteiger partial charge in [-0.05, 0) is 128 Å². The van der Waals surface area contributed by atoms with Crippen LogP contribution in [0.15, 0.2) is 254 Å². The van der Waals surface area contributed by atoms with Crippen LogP contribution in [0.5, 0.6) is 0 Å². The van der Waals surface area contributed by atoms with Crippen LogP contribution in [0.25, 0.3) is 66.4 Å². The van der Waals surface area contributed by atoms with Crippen LogP contribution in [-0.2, 0) is 10.8 Å². The first-order valence-corrected chi connectivity index (χ1v) is 24.9. The van der Waals surface area contributed by atoms with Gasteiger partial charge in [0.15, 0.2) is 0 Å². The van der Waals surface area contributed by atoms with Gasteiger partial charge in [-0.15, -0.1) is 0 Å². The second-order valence-corrected chi connectivity index (χ2v) is 19.8. The zero-order valence-electron chi connectivity index (χ0n) is 39.9. The van der Waals surface area contributed by atoms with Crippen LogP contribution in [0.1, 0.15) is 55.0 Å². The minimum Gasteiger partial charge on any atom is -0.309 e. The maximum Gasteiger partial charge on any atom is 0.0543 e. The lowest BCUT2D eigenvalue weighted by atomic mass is 9.67. The van der Waals surface area contributed by atoms with Crippen LogP contribution in [0, 0.1) is 5.92 Å². The quantitative estimate of drug-likeness (QED) is 0.147. The van der Waals surface area contributed by atoms with E-state index in [1.165, 1.54) is 99.8 Å². The van der Waals surface area contributed by atoms with E-state index < -0.39 is 0 Å². The molecule has 3 aliphatic rings. The van der Waals surface area contributed by atoms with Crippen LogP contribution < -0.4 is 4.90 Å². The fourth-order valence-corrected chi connectivity index (χ4v) is 12.8. The van der Waals surface area contributed by atoms with Crippen LogP contribution in [0.4, 0.5) is 17.1 Å². The van der Waals surface area contributed by atoms with Crippen LogP contribution in [0.3, 0.4) is 0 Å². The van der Waals surface area contributed by atoms with Gasteiger partial charge in [-0.2, -0.15) is 0 Å². The summed E-state index contributed by atoms with van der Waals surface area (Å²) in [7, 11) is 0. The highest BCUT2D eigenvalue weighted by atomic mass is 15.2. The number of hydrogen-bond donors (Lipinski definition) is 0. The largest absolute Gasteiger partial charge is 0.309 e. The average Bonchev–Trinajstić information content (AvgIpc) is 3.84. The third-order valence-electron chi connectivity index (χ3n) is 16.1. The first-order valence-electron chi connectivity index (χ1n) is 24.9. The van der Waals surface area contributed by atoms with E-state index in [9.17, 15) is 0 Å². The zero-order chi connectivity index (χ0) is 47.0. The van der Waals surface area contributed by atoms with Crippen molar-refractivity contribution >= 4 is 27.8 Å². The van der Waals surface area contributed by atoms with Crippen molar-refractivity contribution in [3.8, 4) is 55.6 Å². The highest BCUT2D eigenvalue weighted by Gasteiger charge is 2.45. The van der Waals surface area contributed by atoms with E-state index in [1.807, 2.05) is 0 Å². The highest BCUT2D eigenvalue weighted by molar-refractivity contribution is 6.10. The summed E-state index contributed by atoms with van der Waals surface area (Å²) in [5.74, 6) is 0.429. The summed E-state index contributed by atoms with van der Waals surface area (Å²) in [4.78, 5) is 2.60. The predicted octanol–water partition coefficient (Wildman–Crippen LogP) is 18.5. The average molecular weight is 896 g/mol. The van der Waals surface area contributed by atoms with Crippen molar-refractivity contribution < 1.29 is 0 Å². The normalized spacial score (nSPS) is 18.4. The molecule has 334 valence electrons. The second-order valence-electron chi connectivity index (χ2n) is 19.8. The van der Waals surface area contributed by atoms with E-state index in [4.69, 9.17) is 0 Å². The van der Waals surface area contributed by atoms with E-state index in [2.05, 4.69) is 274 Å². The summed E-state index contributed by atoms with van der Waals surface area (Å²) in [5.41, 5.74) is 23.3. The second kappa shape index (κ2) is 16.5. The minimum atomic E-state index is -0.367. The lowest BCUT2D eigenvalue weighted by molar-refractivity contribution is 0.552. The highest BCUT2D eigenvalue weighted by Crippen LogP contribution is 2.59. The Morgan fingerprint density at radius 2 is 0.943 bits per heavy atom. The summed E-state index contributed by atoms with van der Waals surface area (Å²) in [6, 6.07) is 86.2. The molecule has 1 heteroatoms. The summed E-state index contributed by atoms with van der Waals surface area (Å²) in [5, 5.41) is 2.46. The van der Waals surface area contributed by atoms with Crippen molar-refractivity contribution in [2.75, 3.05) is 4.90 Å². The van der Waals surface area contributed by atoms with Gasteiger partial charge in [0.1, 0.15) is 0 Å². The Hall–Kier alpha value is -8.26. The number of nitrogens with zero attached hydrogens (tertiary/aromatic N) is 1. The molecule has 0 saturated heterocycles. The van der Waals surface area contributed by atoms with E-state index in [0.29, 0.717) is 5.92 Å². The number of anilines is 3. The van der Waals surface area contributed by atoms with Crippen LogP contribution >= 0.6 is 0 Å². The molecule has 0 N–H and O–H groups in total. The molecule has 0 saturated carbocycles. The Balaban J connectivity index is 1.09. The van der Waals surface area contributed by atoms with E-state index >= 15 is 0 Å². The number of benzene rings is 10. The number of fused-ring (bicyclic) bond motifs is 7. The van der Waals surface area contributed by atoms with Crippen molar-refractivity contribution in [1.82, 2.24) is 0 Å². The Bertz CT molecular complexity index is 3740. The zero-order valence-corrected chi connectivity index (χ0v) is 39.9. The maximum absolute atomic E-state index is 2.60. The van der Waals surface area contributed by atoms with Gasteiger partial charge in [0.05, 0.1) is 17.1 Å². The number of rotatable bonds is 8. The molecule has 3 atom stereocenters. The first-order chi connectivity index (χ1) is 34.4. The molecule has 13 rings (SSSR count). The summed E-state index contributed by atoms with van der Waals surface area (Å²) in [6.45, 7) is 7.29. The van der Waals surface area contributed by atoms with Gasteiger partial charge in [-0.1, -0.05) is 237 Å². The first kappa shape index (κ1) is 41.9. The molecule has 0 aliphatic heterocycles.